The fourth-order valence-electron chi connectivity index (χ4n) is 5.68. The van der Waals surface area contributed by atoms with Crippen LogP contribution in [0.1, 0.15) is 69.2 Å². The third-order valence-corrected chi connectivity index (χ3v) is 7.66. The zero-order chi connectivity index (χ0) is 21.1. The van der Waals surface area contributed by atoms with E-state index in [1.165, 1.54) is 19.3 Å². The van der Waals surface area contributed by atoms with Gasteiger partial charge in [0.1, 0.15) is 6.04 Å². The van der Waals surface area contributed by atoms with Crippen LogP contribution < -0.4 is 5.32 Å². The highest BCUT2D eigenvalue weighted by Crippen LogP contribution is 2.40. The van der Waals surface area contributed by atoms with Gasteiger partial charge < -0.3 is 10.2 Å². The number of hydrogen-bond donors (Lipinski definition) is 1. The van der Waals surface area contributed by atoms with Gasteiger partial charge in [-0.15, -0.1) is 0 Å². The Kier molecular flexibility index (Phi) is 6.77. The van der Waals surface area contributed by atoms with Gasteiger partial charge in [0.15, 0.2) is 0 Å². The lowest BCUT2D eigenvalue weighted by molar-refractivity contribution is -0.125. The summed E-state index contributed by atoms with van der Waals surface area (Å²) in [6, 6.07) is 9.68. The van der Waals surface area contributed by atoms with Crippen LogP contribution in [0.25, 0.3) is 0 Å². The number of benzene rings is 1. The van der Waals surface area contributed by atoms with E-state index in [-0.39, 0.29) is 23.9 Å². The van der Waals surface area contributed by atoms with Gasteiger partial charge in [0.05, 0.1) is 0 Å². The number of amides is 2. The van der Waals surface area contributed by atoms with E-state index in [2.05, 4.69) is 24.1 Å². The Bertz CT molecular complexity index is 729. The average Bonchev–Trinajstić information content (AvgIpc) is 3.17. The smallest absolute Gasteiger partial charge is 0.254 e. The summed E-state index contributed by atoms with van der Waals surface area (Å²) in [5, 5.41) is 3.20. The van der Waals surface area contributed by atoms with Crippen LogP contribution in [0.15, 0.2) is 30.3 Å². The first kappa shape index (κ1) is 21.4. The highest BCUT2D eigenvalue weighted by Gasteiger charge is 2.47. The molecule has 30 heavy (non-hydrogen) atoms. The molecule has 1 N–H and O–H groups in total. The third-order valence-electron chi connectivity index (χ3n) is 7.66. The molecule has 4 unspecified atom stereocenters. The first-order valence-electron chi connectivity index (χ1n) is 11.9. The topological polar surface area (TPSA) is 52.7 Å². The third kappa shape index (κ3) is 4.56. The molecule has 2 aliphatic heterocycles. The number of carbonyl (C=O) groups excluding carboxylic acids is 2. The van der Waals surface area contributed by atoms with Crippen molar-refractivity contribution in [3.63, 3.8) is 0 Å². The van der Waals surface area contributed by atoms with Crippen molar-refractivity contribution in [1.82, 2.24) is 15.1 Å². The van der Waals surface area contributed by atoms with Crippen molar-refractivity contribution in [3.8, 4) is 0 Å². The van der Waals surface area contributed by atoms with Crippen molar-refractivity contribution in [2.24, 2.45) is 11.8 Å². The average molecular weight is 412 g/mol. The maximum atomic E-state index is 13.4. The van der Waals surface area contributed by atoms with Gasteiger partial charge in [0.2, 0.25) is 5.91 Å². The van der Waals surface area contributed by atoms with Gasteiger partial charge in [-0.25, -0.2) is 0 Å². The van der Waals surface area contributed by atoms with E-state index in [4.69, 9.17) is 0 Å². The Hall–Kier alpha value is -1.88. The number of likely N-dealkylation sites (tertiary alicyclic amines) is 2. The largest absolute Gasteiger partial charge is 0.353 e. The second-order valence-corrected chi connectivity index (χ2v) is 9.75. The second-order valence-electron chi connectivity index (χ2n) is 9.75. The molecular formula is C25H37N3O2. The zero-order valence-electron chi connectivity index (χ0n) is 18.6. The van der Waals surface area contributed by atoms with Crippen LogP contribution in [0.2, 0.25) is 0 Å². The normalized spacial score (nSPS) is 28.7. The van der Waals surface area contributed by atoms with Gasteiger partial charge in [-0.2, -0.15) is 0 Å². The lowest BCUT2D eigenvalue weighted by Gasteiger charge is -2.36. The molecule has 5 nitrogen and oxygen atoms in total. The first-order valence-corrected chi connectivity index (χ1v) is 11.9. The fraction of sp³-hybridized carbons (Fsp3) is 0.680. The fourth-order valence-corrected chi connectivity index (χ4v) is 5.68. The summed E-state index contributed by atoms with van der Waals surface area (Å²) in [6.07, 6.45) is 7.81. The number of piperidine rings is 1. The van der Waals surface area contributed by atoms with Crippen molar-refractivity contribution < 1.29 is 9.59 Å². The standard InChI is InChI=1S/C25H37N3O2/c1-18-12-14-27(15-13-18)19(2)17-26-24(29)23-16-21-10-6-7-11-22(21)28(23)25(30)20-8-4-3-5-9-20/h3-5,8-9,18-19,21-23H,6-7,10-17H2,1-2H3,(H,26,29). The summed E-state index contributed by atoms with van der Waals surface area (Å²) in [5.74, 6) is 1.32. The van der Waals surface area contributed by atoms with Crippen LogP contribution in [0, 0.1) is 11.8 Å². The van der Waals surface area contributed by atoms with Crippen LogP contribution in [-0.4, -0.2) is 59.4 Å². The zero-order valence-corrected chi connectivity index (χ0v) is 18.6. The van der Waals surface area contributed by atoms with E-state index in [1.807, 2.05) is 35.2 Å². The molecule has 3 fully saturated rings. The second kappa shape index (κ2) is 9.51. The van der Waals surface area contributed by atoms with Gasteiger partial charge in [-0.1, -0.05) is 38.0 Å². The maximum absolute atomic E-state index is 13.4. The van der Waals surface area contributed by atoms with E-state index in [0.717, 1.165) is 44.7 Å². The Morgan fingerprint density at radius 1 is 1.07 bits per heavy atom. The summed E-state index contributed by atoms with van der Waals surface area (Å²) in [6.45, 7) is 7.42. The summed E-state index contributed by atoms with van der Waals surface area (Å²) in [4.78, 5) is 31.0. The lowest BCUT2D eigenvalue weighted by atomic mass is 9.84. The summed E-state index contributed by atoms with van der Waals surface area (Å²) in [5.41, 5.74) is 0.692. The molecule has 5 heteroatoms. The minimum atomic E-state index is -0.334. The Labute approximate surface area is 181 Å². The van der Waals surface area contributed by atoms with Crippen LogP contribution in [0.3, 0.4) is 0 Å². The molecule has 0 aromatic heterocycles. The molecular weight excluding hydrogens is 374 g/mol. The van der Waals surface area contributed by atoms with Gasteiger partial charge in [0, 0.05) is 24.2 Å². The Morgan fingerprint density at radius 3 is 2.50 bits per heavy atom. The molecule has 4 rings (SSSR count). The van der Waals surface area contributed by atoms with Crippen molar-refractivity contribution in [2.75, 3.05) is 19.6 Å². The van der Waals surface area contributed by atoms with Crippen molar-refractivity contribution in [2.45, 2.75) is 76.9 Å². The van der Waals surface area contributed by atoms with Gasteiger partial charge in [0.25, 0.3) is 5.91 Å². The number of nitrogens with zero attached hydrogens (tertiary/aromatic N) is 2. The molecule has 2 amide bonds. The highest BCUT2D eigenvalue weighted by atomic mass is 16.2. The molecule has 1 aromatic carbocycles. The van der Waals surface area contributed by atoms with E-state index in [9.17, 15) is 9.59 Å². The van der Waals surface area contributed by atoms with Crippen LogP contribution >= 0.6 is 0 Å². The van der Waals surface area contributed by atoms with Gasteiger partial charge in [-0.05, 0) is 76.1 Å². The molecule has 3 aliphatic rings. The molecule has 0 spiro atoms. The number of fused-ring (bicyclic) bond motifs is 1. The molecule has 1 aromatic rings. The minimum absolute atomic E-state index is 0.0169. The molecule has 1 aliphatic carbocycles. The monoisotopic (exact) mass is 411 g/mol. The Balaban J connectivity index is 1.42. The van der Waals surface area contributed by atoms with Crippen LogP contribution in [-0.2, 0) is 4.79 Å². The van der Waals surface area contributed by atoms with Crippen LogP contribution in [0.5, 0.6) is 0 Å². The number of rotatable bonds is 5. The van der Waals surface area contributed by atoms with Crippen LogP contribution in [0.4, 0.5) is 0 Å². The van der Waals surface area contributed by atoms with Crippen molar-refractivity contribution in [3.05, 3.63) is 35.9 Å². The predicted octanol–water partition coefficient (Wildman–Crippen LogP) is 3.70. The molecule has 2 saturated heterocycles. The maximum Gasteiger partial charge on any atom is 0.254 e. The molecule has 1 saturated carbocycles. The summed E-state index contributed by atoms with van der Waals surface area (Å²) < 4.78 is 0. The number of carbonyl (C=O) groups is 2. The molecule has 164 valence electrons. The van der Waals surface area contributed by atoms with E-state index >= 15 is 0 Å². The lowest BCUT2D eigenvalue weighted by Crippen LogP contribution is -2.52. The minimum Gasteiger partial charge on any atom is -0.353 e. The number of hydrogen-bond acceptors (Lipinski definition) is 3. The molecule has 0 radical (unpaired) electrons. The molecule has 4 atom stereocenters. The van der Waals surface area contributed by atoms with E-state index < -0.39 is 0 Å². The van der Waals surface area contributed by atoms with Gasteiger partial charge in [-0.3, -0.25) is 14.5 Å². The van der Waals surface area contributed by atoms with Gasteiger partial charge >= 0.3 is 0 Å². The predicted molar refractivity (Wildman–Crippen MR) is 119 cm³/mol. The van der Waals surface area contributed by atoms with E-state index in [1.54, 1.807) is 0 Å². The Morgan fingerprint density at radius 2 is 1.77 bits per heavy atom. The van der Waals surface area contributed by atoms with Crippen molar-refractivity contribution >= 4 is 11.8 Å². The highest BCUT2D eigenvalue weighted by molar-refractivity contribution is 5.98. The molecule has 2 heterocycles. The summed E-state index contributed by atoms with van der Waals surface area (Å²) >= 11 is 0. The summed E-state index contributed by atoms with van der Waals surface area (Å²) in [7, 11) is 0. The quantitative estimate of drug-likeness (QED) is 0.804. The molecule has 0 bridgehead atoms. The first-order chi connectivity index (χ1) is 14.5. The number of nitrogens with one attached hydrogen (secondary N) is 1. The van der Waals surface area contributed by atoms with E-state index in [0.29, 0.717) is 24.1 Å². The van der Waals surface area contributed by atoms with Crippen molar-refractivity contribution in [1.29, 1.82) is 0 Å². The SMILES string of the molecule is CC1CCN(C(C)CNC(=O)C2CC3CCCCC3N2C(=O)c2ccccc2)CC1.